The van der Waals surface area contributed by atoms with Gasteiger partial charge in [0.1, 0.15) is 0 Å². The van der Waals surface area contributed by atoms with E-state index in [0.29, 0.717) is 5.88 Å². The molecule has 1 saturated heterocycles. The van der Waals surface area contributed by atoms with Gasteiger partial charge in [0.25, 0.3) is 5.91 Å². The van der Waals surface area contributed by atoms with Crippen LogP contribution in [0.1, 0.15) is 23.2 Å². The summed E-state index contributed by atoms with van der Waals surface area (Å²) in [5.74, 6) is 0.603. The van der Waals surface area contributed by atoms with Crippen LogP contribution < -0.4 is 0 Å². The fourth-order valence-electron chi connectivity index (χ4n) is 2.05. The quantitative estimate of drug-likeness (QED) is 0.768. The van der Waals surface area contributed by atoms with Gasteiger partial charge in [-0.25, -0.2) is 0 Å². The highest BCUT2D eigenvalue weighted by molar-refractivity contribution is 9.10. The second-order valence-electron chi connectivity index (χ2n) is 3.93. The second-order valence-corrected chi connectivity index (χ2v) is 5.09. The Bertz CT molecular complexity index is 396. The molecule has 1 aromatic carbocycles. The molecule has 0 radical (unpaired) electrons. The fourth-order valence-corrected chi connectivity index (χ4v) is 2.83. The molecule has 1 atom stereocenters. The molecule has 0 N–H and O–H groups in total. The molecule has 1 heterocycles. The average molecular weight is 303 g/mol. The third-order valence-electron chi connectivity index (χ3n) is 2.92. The van der Waals surface area contributed by atoms with E-state index in [1.807, 2.05) is 29.2 Å². The van der Waals surface area contributed by atoms with Gasteiger partial charge >= 0.3 is 0 Å². The zero-order chi connectivity index (χ0) is 11.5. The van der Waals surface area contributed by atoms with Crippen molar-refractivity contribution in [2.75, 3.05) is 12.4 Å². The summed E-state index contributed by atoms with van der Waals surface area (Å²) < 4.78 is 0.847. The van der Waals surface area contributed by atoms with E-state index in [1.54, 1.807) is 0 Å². The number of hydrogen-bond donors (Lipinski definition) is 0. The van der Waals surface area contributed by atoms with Gasteiger partial charge in [-0.1, -0.05) is 12.1 Å². The van der Waals surface area contributed by atoms with Crippen molar-refractivity contribution in [2.45, 2.75) is 18.9 Å². The summed E-state index contributed by atoms with van der Waals surface area (Å²) in [4.78, 5) is 14.2. The van der Waals surface area contributed by atoms with Gasteiger partial charge in [-0.15, -0.1) is 11.6 Å². The Morgan fingerprint density at radius 1 is 1.50 bits per heavy atom. The van der Waals surface area contributed by atoms with Crippen LogP contribution in [0.5, 0.6) is 0 Å². The van der Waals surface area contributed by atoms with E-state index < -0.39 is 0 Å². The second kappa shape index (κ2) is 5.19. The lowest BCUT2D eigenvalue weighted by Gasteiger charge is -2.23. The van der Waals surface area contributed by atoms with Crippen LogP contribution in [0.25, 0.3) is 0 Å². The Hall–Kier alpha value is -0.540. The third-order valence-corrected chi connectivity index (χ3v) is 3.97. The highest BCUT2D eigenvalue weighted by Crippen LogP contribution is 2.24. The standard InChI is InChI=1S/C12H13BrClNO/c13-11-6-2-1-5-10(11)12(16)15-7-3-4-9(15)8-14/h1-2,5-6,9H,3-4,7-8H2/t9-/m0/s1. The number of hydrogen-bond acceptors (Lipinski definition) is 1. The molecule has 0 spiro atoms. The minimum Gasteiger partial charge on any atom is -0.334 e. The molecule has 4 heteroatoms. The molecule has 1 amide bonds. The zero-order valence-electron chi connectivity index (χ0n) is 8.83. The van der Waals surface area contributed by atoms with Crippen LogP contribution in [0, 0.1) is 0 Å². The highest BCUT2D eigenvalue weighted by Gasteiger charge is 2.29. The lowest BCUT2D eigenvalue weighted by Crippen LogP contribution is -2.36. The molecule has 1 aromatic rings. The smallest absolute Gasteiger partial charge is 0.255 e. The van der Waals surface area contributed by atoms with Crippen molar-refractivity contribution >= 4 is 33.4 Å². The minimum atomic E-state index is 0.0793. The molecule has 0 unspecified atom stereocenters. The number of carbonyl (C=O) groups excluding carboxylic acids is 1. The van der Waals surface area contributed by atoms with Gasteiger partial charge in [0.15, 0.2) is 0 Å². The lowest BCUT2D eigenvalue weighted by molar-refractivity contribution is 0.0748. The van der Waals surface area contributed by atoms with E-state index >= 15 is 0 Å². The van der Waals surface area contributed by atoms with Crippen LogP contribution in [0.3, 0.4) is 0 Å². The summed E-state index contributed by atoms with van der Waals surface area (Å²) in [6.45, 7) is 0.817. The maximum atomic E-state index is 12.3. The Balaban J connectivity index is 2.22. The molecule has 16 heavy (non-hydrogen) atoms. The first-order valence-electron chi connectivity index (χ1n) is 5.35. The molecule has 86 valence electrons. The first-order valence-corrected chi connectivity index (χ1v) is 6.68. The first kappa shape index (κ1) is 11.9. The number of amides is 1. The summed E-state index contributed by atoms with van der Waals surface area (Å²) in [5.41, 5.74) is 0.722. The van der Waals surface area contributed by atoms with Gasteiger partial charge in [0.2, 0.25) is 0 Å². The molecule has 0 bridgehead atoms. The molecule has 1 aliphatic heterocycles. The zero-order valence-corrected chi connectivity index (χ0v) is 11.2. The average Bonchev–Trinajstić information content (AvgIpc) is 2.77. The van der Waals surface area contributed by atoms with Crippen molar-refractivity contribution in [1.82, 2.24) is 4.90 Å². The van der Waals surface area contributed by atoms with Gasteiger partial charge in [0, 0.05) is 22.9 Å². The van der Waals surface area contributed by atoms with Crippen LogP contribution in [0.15, 0.2) is 28.7 Å². The van der Waals surface area contributed by atoms with E-state index in [9.17, 15) is 4.79 Å². The number of likely N-dealkylation sites (tertiary alicyclic amines) is 1. The normalized spacial score (nSPS) is 20.1. The van der Waals surface area contributed by atoms with Crippen LogP contribution in [-0.4, -0.2) is 29.3 Å². The van der Waals surface area contributed by atoms with Crippen LogP contribution in [-0.2, 0) is 0 Å². The van der Waals surface area contributed by atoms with E-state index in [1.165, 1.54) is 0 Å². The van der Waals surface area contributed by atoms with Crippen molar-refractivity contribution in [3.05, 3.63) is 34.3 Å². The Morgan fingerprint density at radius 3 is 2.94 bits per heavy atom. The van der Waals surface area contributed by atoms with Crippen molar-refractivity contribution < 1.29 is 4.79 Å². The van der Waals surface area contributed by atoms with Crippen molar-refractivity contribution in [3.63, 3.8) is 0 Å². The van der Waals surface area contributed by atoms with Gasteiger partial charge in [-0.3, -0.25) is 4.79 Å². The van der Waals surface area contributed by atoms with E-state index in [4.69, 9.17) is 11.6 Å². The topological polar surface area (TPSA) is 20.3 Å². The van der Waals surface area contributed by atoms with Gasteiger partial charge in [-0.05, 0) is 40.9 Å². The summed E-state index contributed by atoms with van der Waals surface area (Å²) >= 11 is 9.27. The SMILES string of the molecule is O=C(c1ccccc1Br)N1CCC[C@H]1CCl. The number of halogens is 2. The van der Waals surface area contributed by atoms with E-state index in [-0.39, 0.29) is 11.9 Å². The molecular weight excluding hydrogens is 289 g/mol. The fraction of sp³-hybridized carbons (Fsp3) is 0.417. The maximum Gasteiger partial charge on any atom is 0.255 e. The molecule has 0 aliphatic carbocycles. The summed E-state index contributed by atoms with van der Waals surface area (Å²) in [6, 6.07) is 7.71. The monoisotopic (exact) mass is 301 g/mol. The van der Waals surface area contributed by atoms with Gasteiger partial charge < -0.3 is 4.90 Å². The van der Waals surface area contributed by atoms with E-state index in [2.05, 4.69) is 15.9 Å². The number of rotatable bonds is 2. The highest BCUT2D eigenvalue weighted by atomic mass is 79.9. The van der Waals surface area contributed by atoms with Gasteiger partial charge in [-0.2, -0.15) is 0 Å². The number of nitrogens with zero attached hydrogens (tertiary/aromatic N) is 1. The largest absolute Gasteiger partial charge is 0.334 e. The summed E-state index contributed by atoms with van der Waals surface area (Å²) in [5, 5.41) is 0. The molecule has 0 aromatic heterocycles. The summed E-state index contributed by atoms with van der Waals surface area (Å²) in [7, 11) is 0. The minimum absolute atomic E-state index is 0.0793. The summed E-state index contributed by atoms with van der Waals surface area (Å²) in [6.07, 6.45) is 2.06. The lowest BCUT2D eigenvalue weighted by atomic mass is 10.2. The maximum absolute atomic E-state index is 12.3. The Labute approximate surface area is 109 Å². The molecule has 1 fully saturated rings. The first-order chi connectivity index (χ1) is 7.74. The van der Waals surface area contributed by atoms with Gasteiger partial charge in [0.05, 0.1) is 5.56 Å². The number of carbonyl (C=O) groups is 1. The molecule has 2 rings (SSSR count). The third kappa shape index (κ3) is 2.25. The predicted octanol–water partition coefficient (Wildman–Crippen LogP) is 3.29. The molecule has 2 nitrogen and oxygen atoms in total. The van der Waals surface area contributed by atoms with Crippen molar-refractivity contribution in [1.29, 1.82) is 0 Å². The number of benzene rings is 1. The number of alkyl halides is 1. The molecular formula is C12H13BrClNO. The predicted molar refractivity (Wildman–Crippen MR) is 68.9 cm³/mol. The van der Waals surface area contributed by atoms with E-state index in [0.717, 1.165) is 29.4 Å². The molecule has 0 saturated carbocycles. The molecule has 1 aliphatic rings. The van der Waals surface area contributed by atoms with Crippen molar-refractivity contribution in [2.24, 2.45) is 0 Å². The van der Waals surface area contributed by atoms with Crippen molar-refractivity contribution in [3.8, 4) is 0 Å². The Kier molecular flexibility index (Phi) is 3.87. The Morgan fingerprint density at radius 2 is 2.25 bits per heavy atom. The van der Waals surface area contributed by atoms with Crippen LogP contribution in [0.4, 0.5) is 0 Å². The van der Waals surface area contributed by atoms with Crippen LogP contribution in [0.2, 0.25) is 0 Å². The van der Waals surface area contributed by atoms with Crippen LogP contribution >= 0.6 is 27.5 Å².